The number of aromatic nitrogens is 1. The number of nitrogens with zero attached hydrogens (tertiary/aromatic N) is 2. The molecule has 0 amide bonds. The second kappa shape index (κ2) is 9.78. The summed E-state index contributed by atoms with van der Waals surface area (Å²) in [6.07, 6.45) is 2.85. The predicted octanol–water partition coefficient (Wildman–Crippen LogP) is 3.62. The van der Waals surface area contributed by atoms with Crippen molar-refractivity contribution < 1.29 is 12.8 Å². The van der Waals surface area contributed by atoms with E-state index >= 15 is 0 Å². The van der Waals surface area contributed by atoms with Crippen molar-refractivity contribution in [2.24, 2.45) is 4.99 Å². The SMILES string of the molecule is CCNC(=NCc1ccc(S(C)(=O)=O)c(C)c1)NCc1coc(-c2ccc(C)cc2)n1. The number of rotatable bonds is 7. The number of sulfone groups is 1. The predicted molar refractivity (Wildman–Crippen MR) is 123 cm³/mol. The molecule has 164 valence electrons. The number of guanidine groups is 1. The van der Waals surface area contributed by atoms with Gasteiger partial charge < -0.3 is 15.1 Å². The summed E-state index contributed by atoms with van der Waals surface area (Å²) in [5, 5.41) is 6.45. The van der Waals surface area contributed by atoms with E-state index in [0.29, 0.717) is 36.4 Å². The molecule has 0 aliphatic carbocycles. The number of aryl methyl sites for hydroxylation is 2. The molecule has 0 bridgehead atoms. The standard InChI is InChI=1S/C23H28N4O3S/c1-5-24-23(25-13-18-8-11-21(17(3)12-18)31(4,28)29)26-14-20-15-30-22(27-20)19-9-6-16(2)7-10-19/h6-12,15H,5,13-14H2,1-4H3,(H2,24,25,26). The highest BCUT2D eigenvalue weighted by molar-refractivity contribution is 7.90. The number of nitrogens with one attached hydrogen (secondary N) is 2. The Hall–Kier alpha value is -3.13. The third-order valence-electron chi connectivity index (χ3n) is 4.69. The smallest absolute Gasteiger partial charge is 0.226 e. The van der Waals surface area contributed by atoms with Gasteiger partial charge in [-0.1, -0.05) is 29.8 Å². The second-order valence-corrected chi connectivity index (χ2v) is 9.41. The van der Waals surface area contributed by atoms with Crippen LogP contribution in [0, 0.1) is 13.8 Å². The summed E-state index contributed by atoms with van der Waals surface area (Å²) in [6, 6.07) is 13.3. The van der Waals surface area contributed by atoms with Crippen LogP contribution in [-0.4, -0.2) is 32.2 Å². The maximum absolute atomic E-state index is 11.8. The zero-order valence-corrected chi connectivity index (χ0v) is 19.1. The Balaban J connectivity index is 1.65. The molecule has 0 aliphatic heterocycles. The lowest BCUT2D eigenvalue weighted by atomic mass is 10.1. The van der Waals surface area contributed by atoms with Gasteiger partial charge in [-0.2, -0.15) is 0 Å². The first-order valence-electron chi connectivity index (χ1n) is 10.1. The Morgan fingerprint density at radius 2 is 1.84 bits per heavy atom. The van der Waals surface area contributed by atoms with Crippen LogP contribution < -0.4 is 10.6 Å². The summed E-state index contributed by atoms with van der Waals surface area (Å²) < 4.78 is 29.2. The molecule has 0 aliphatic rings. The summed E-state index contributed by atoms with van der Waals surface area (Å²) in [6.45, 7) is 7.43. The van der Waals surface area contributed by atoms with Crippen molar-refractivity contribution in [3.63, 3.8) is 0 Å². The van der Waals surface area contributed by atoms with Gasteiger partial charge >= 0.3 is 0 Å². The highest BCUT2D eigenvalue weighted by atomic mass is 32.2. The highest BCUT2D eigenvalue weighted by Gasteiger charge is 2.11. The summed E-state index contributed by atoms with van der Waals surface area (Å²) in [5.74, 6) is 1.23. The van der Waals surface area contributed by atoms with Gasteiger partial charge in [-0.15, -0.1) is 0 Å². The van der Waals surface area contributed by atoms with Crippen LogP contribution in [0.5, 0.6) is 0 Å². The number of benzene rings is 2. The molecule has 2 aromatic carbocycles. The molecule has 3 rings (SSSR count). The monoisotopic (exact) mass is 440 g/mol. The van der Waals surface area contributed by atoms with Gasteiger partial charge in [0.1, 0.15) is 6.26 Å². The molecule has 0 saturated heterocycles. The fourth-order valence-electron chi connectivity index (χ4n) is 3.13. The largest absolute Gasteiger partial charge is 0.444 e. The fraction of sp³-hybridized carbons (Fsp3) is 0.304. The third kappa shape index (κ3) is 6.18. The Bertz CT molecular complexity index is 1170. The van der Waals surface area contributed by atoms with Crippen molar-refractivity contribution in [1.29, 1.82) is 0 Å². The van der Waals surface area contributed by atoms with Gasteiger partial charge in [0.25, 0.3) is 0 Å². The van der Waals surface area contributed by atoms with E-state index in [0.717, 1.165) is 22.4 Å². The Kier molecular flexibility index (Phi) is 7.12. The van der Waals surface area contributed by atoms with Crippen molar-refractivity contribution in [1.82, 2.24) is 15.6 Å². The van der Waals surface area contributed by atoms with Crippen molar-refractivity contribution in [2.75, 3.05) is 12.8 Å². The molecule has 0 atom stereocenters. The topological polar surface area (TPSA) is 96.6 Å². The van der Waals surface area contributed by atoms with E-state index in [-0.39, 0.29) is 0 Å². The zero-order chi connectivity index (χ0) is 22.4. The van der Waals surface area contributed by atoms with E-state index < -0.39 is 9.84 Å². The van der Waals surface area contributed by atoms with E-state index in [1.165, 1.54) is 11.8 Å². The lowest BCUT2D eigenvalue weighted by Gasteiger charge is -2.10. The summed E-state index contributed by atoms with van der Waals surface area (Å²) >= 11 is 0. The van der Waals surface area contributed by atoms with Crippen molar-refractivity contribution >= 4 is 15.8 Å². The highest BCUT2D eigenvalue weighted by Crippen LogP contribution is 2.19. The van der Waals surface area contributed by atoms with Gasteiger partial charge in [0.2, 0.25) is 5.89 Å². The first-order chi connectivity index (χ1) is 14.8. The molecule has 0 spiro atoms. The molecular formula is C23H28N4O3S. The van der Waals surface area contributed by atoms with Crippen LogP contribution in [0.1, 0.15) is 29.3 Å². The maximum Gasteiger partial charge on any atom is 0.226 e. The minimum Gasteiger partial charge on any atom is -0.444 e. The van der Waals surface area contributed by atoms with Gasteiger partial charge in [0, 0.05) is 18.4 Å². The van der Waals surface area contributed by atoms with Gasteiger partial charge in [0.05, 0.1) is 23.7 Å². The normalized spacial score (nSPS) is 12.1. The summed E-state index contributed by atoms with van der Waals surface area (Å²) in [7, 11) is -3.23. The molecule has 0 saturated carbocycles. The van der Waals surface area contributed by atoms with E-state index in [4.69, 9.17) is 4.42 Å². The molecule has 3 aromatic rings. The first kappa shape index (κ1) is 22.6. The van der Waals surface area contributed by atoms with E-state index in [2.05, 4.69) is 20.6 Å². The molecule has 1 aromatic heterocycles. The number of aliphatic imine (C=N–C) groups is 1. The molecule has 0 unspecified atom stereocenters. The summed E-state index contributed by atoms with van der Waals surface area (Å²) in [4.78, 5) is 9.48. The molecule has 8 heteroatoms. The average molecular weight is 441 g/mol. The van der Waals surface area contributed by atoms with Crippen LogP contribution in [0.2, 0.25) is 0 Å². The molecule has 1 heterocycles. The van der Waals surface area contributed by atoms with Crippen LogP contribution in [0.4, 0.5) is 0 Å². The molecule has 0 fully saturated rings. The number of oxazole rings is 1. The quantitative estimate of drug-likeness (QED) is 0.430. The van der Waals surface area contributed by atoms with E-state index in [1.807, 2.05) is 44.2 Å². The van der Waals surface area contributed by atoms with Gasteiger partial charge in [-0.25, -0.2) is 18.4 Å². The Morgan fingerprint density at radius 1 is 1.10 bits per heavy atom. The van der Waals surface area contributed by atoms with E-state index in [1.54, 1.807) is 25.3 Å². The van der Waals surface area contributed by atoms with Crippen LogP contribution in [0.15, 0.2) is 63.0 Å². The lowest BCUT2D eigenvalue weighted by molar-refractivity contribution is 0.572. The van der Waals surface area contributed by atoms with Gasteiger partial charge in [0.15, 0.2) is 15.8 Å². The average Bonchev–Trinajstić information content (AvgIpc) is 3.19. The lowest BCUT2D eigenvalue weighted by Crippen LogP contribution is -2.36. The molecular weight excluding hydrogens is 412 g/mol. The Labute approximate surface area is 183 Å². The second-order valence-electron chi connectivity index (χ2n) is 7.43. The summed E-state index contributed by atoms with van der Waals surface area (Å²) in [5.41, 5.74) is 4.55. The fourth-order valence-corrected chi connectivity index (χ4v) is 4.09. The number of hydrogen-bond donors (Lipinski definition) is 2. The maximum atomic E-state index is 11.8. The van der Waals surface area contributed by atoms with Gasteiger partial charge in [-0.3, -0.25) is 0 Å². The molecule has 2 N–H and O–H groups in total. The third-order valence-corrected chi connectivity index (χ3v) is 5.95. The Morgan fingerprint density at radius 3 is 2.48 bits per heavy atom. The van der Waals surface area contributed by atoms with E-state index in [9.17, 15) is 8.42 Å². The van der Waals surface area contributed by atoms with Crippen LogP contribution in [0.3, 0.4) is 0 Å². The zero-order valence-electron chi connectivity index (χ0n) is 18.3. The molecule has 31 heavy (non-hydrogen) atoms. The molecule has 0 radical (unpaired) electrons. The van der Waals surface area contributed by atoms with Crippen molar-refractivity contribution in [3.05, 3.63) is 71.1 Å². The van der Waals surface area contributed by atoms with Gasteiger partial charge in [-0.05, 0) is 50.1 Å². The first-order valence-corrected chi connectivity index (χ1v) is 12.0. The minimum absolute atomic E-state index is 0.348. The van der Waals surface area contributed by atoms with Crippen LogP contribution >= 0.6 is 0 Å². The molecule has 7 nitrogen and oxygen atoms in total. The minimum atomic E-state index is -3.23. The van der Waals surface area contributed by atoms with Crippen LogP contribution in [-0.2, 0) is 22.9 Å². The van der Waals surface area contributed by atoms with Crippen molar-refractivity contribution in [3.8, 4) is 11.5 Å². The van der Waals surface area contributed by atoms with Crippen LogP contribution in [0.25, 0.3) is 11.5 Å². The van der Waals surface area contributed by atoms with Crippen molar-refractivity contribution in [2.45, 2.75) is 38.8 Å². The number of hydrogen-bond acceptors (Lipinski definition) is 5.